The maximum absolute atomic E-state index is 15.6. The van der Waals surface area contributed by atoms with Crippen molar-refractivity contribution >= 4 is 19.6 Å². The topological polar surface area (TPSA) is 151 Å². The monoisotopic (exact) mass is 528 g/mol. The highest BCUT2D eigenvalue weighted by atomic mass is 31.2. The fraction of sp³-hybridized carbons (Fsp3) is 0.455. The number of hydrogen-bond acceptors (Lipinski definition) is 11. The highest BCUT2D eigenvalue weighted by molar-refractivity contribution is 7.52. The molecule has 12 nitrogen and oxygen atoms in total. The number of benzene rings is 1. The number of carbonyl (C=O) groups excluding carboxylic acids is 1. The predicted molar refractivity (Wildman–Crippen MR) is 127 cm³/mol. The molecule has 1 aromatic carbocycles. The maximum Gasteiger partial charge on any atom is 0.459 e. The molecule has 0 amide bonds. The van der Waals surface area contributed by atoms with Gasteiger partial charge in [0.1, 0.15) is 29.8 Å². The molecule has 1 saturated heterocycles. The minimum absolute atomic E-state index is 0.0414. The van der Waals surface area contributed by atoms with Gasteiger partial charge in [-0.05, 0) is 39.0 Å². The van der Waals surface area contributed by atoms with Crippen LogP contribution in [0.25, 0.3) is 0 Å². The number of carbonyl (C=O) groups is 1. The van der Waals surface area contributed by atoms with Gasteiger partial charge in [0.05, 0.1) is 13.2 Å². The number of halogens is 1. The van der Waals surface area contributed by atoms with Crippen molar-refractivity contribution in [3.05, 3.63) is 55.0 Å². The van der Waals surface area contributed by atoms with E-state index in [1.807, 2.05) is 5.48 Å². The number of aliphatic imine (C=N–C) groups is 1. The second-order valence-corrected chi connectivity index (χ2v) is 9.87. The Hall–Kier alpha value is -2.80. The lowest BCUT2D eigenvalue weighted by molar-refractivity contribution is -0.144. The van der Waals surface area contributed by atoms with Gasteiger partial charge in [0.15, 0.2) is 17.7 Å². The molecule has 36 heavy (non-hydrogen) atoms. The highest BCUT2D eigenvalue weighted by Crippen LogP contribution is 2.47. The summed E-state index contributed by atoms with van der Waals surface area (Å²) < 4.78 is 50.8. The van der Waals surface area contributed by atoms with Gasteiger partial charge in [0.25, 0.3) is 0 Å². The smallest absolute Gasteiger partial charge is 0.459 e. The van der Waals surface area contributed by atoms with Crippen LogP contribution in [0.3, 0.4) is 0 Å². The number of nitrogens with zero attached hydrogens (tertiary/aromatic N) is 2. The van der Waals surface area contributed by atoms with Crippen LogP contribution in [-0.2, 0) is 23.4 Å². The molecule has 3 rings (SSSR count). The van der Waals surface area contributed by atoms with E-state index in [9.17, 15) is 14.5 Å². The SMILES string of the molecule is C=C1N=C(NO)C=CN1[C@@H]1O[C@H](COP(=O)(N[C@@H](C)C(=O)OCC)Oc2ccccc2)[C@H](O)C1(C)F. The van der Waals surface area contributed by atoms with Gasteiger partial charge in [-0.1, -0.05) is 24.8 Å². The van der Waals surface area contributed by atoms with Crippen LogP contribution < -0.4 is 15.1 Å². The van der Waals surface area contributed by atoms with Crippen molar-refractivity contribution in [2.24, 2.45) is 4.99 Å². The van der Waals surface area contributed by atoms with Crippen molar-refractivity contribution in [3.8, 4) is 5.75 Å². The Balaban J connectivity index is 1.75. The minimum Gasteiger partial charge on any atom is -0.465 e. The van der Waals surface area contributed by atoms with Gasteiger partial charge in [-0.15, -0.1) is 0 Å². The first kappa shape index (κ1) is 27.8. The minimum atomic E-state index is -4.24. The third-order valence-electron chi connectivity index (χ3n) is 5.39. The van der Waals surface area contributed by atoms with Crippen LogP contribution in [0.1, 0.15) is 20.8 Å². The van der Waals surface area contributed by atoms with E-state index in [0.29, 0.717) is 0 Å². The Morgan fingerprint density at radius 2 is 2.11 bits per heavy atom. The summed E-state index contributed by atoms with van der Waals surface area (Å²) in [5, 5.41) is 22.2. The van der Waals surface area contributed by atoms with Crippen LogP contribution in [-0.4, -0.2) is 70.4 Å². The lowest BCUT2D eigenvalue weighted by Gasteiger charge is -2.34. The van der Waals surface area contributed by atoms with Gasteiger partial charge < -0.3 is 24.0 Å². The first-order chi connectivity index (χ1) is 17.0. The van der Waals surface area contributed by atoms with E-state index in [-0.39, 0.29) is 24.0 Å². The van der Waals surface area contributed by atoms with Gasteiger partial charge in [-0.2, -0.15) is 5.09 Å². The fourth-order valence-electron chi connectivity index (χ4n) is 3.54. The van der Waals surface area contributed by atoms with Gasteiger partial charge >= 0.3 is 13.7 Å². The first-order valence-corrected chi connectivity index (χ1v) is 12.7. The zero-order valence-corrected chi connectivity index (χ0v) is 20.9. The molecule has 2 heterocycles. The van der Waals surface area contributed by atoms with Crippen molar-refractivity contribution in [2.75, 3.05) is 13.2 Å². The van der Waals surface area contributed by atoms with Crippen LogP contribution in [0, 0.1) is 0 Å². The molecule has 2 unspecified atom stereocenters. The van der Waals surface area contributed by atoms with Crippen molar-refractivity contribution in [2.45, 2.75) is 50.9 Å². The molecule has 2 aliphatic heterocycles. The van der Waals surface area contributed by atoms with Gasteiger partial charge in [0.2, 0.25) is 0 Å². The second-order valence-electron chi connectivity index (χ2n) is 8.17. The average molecular weight is 528 g/mol. The van der Waals surface area contributed by atoms with Crippen LogP contribution >= 0.6 is 7.75 Å². The van der Waals surface area contributed by atoms with Gasteiger partial charge in [-0.25, -0.2) is 13.9 Å². The summed E-state index contributed by atoms with van der Waals surface area (Å²) in [5.74, 6) is -0.374. The van der Waals surface area contributed by atoms with Gasteiger partial charge in [0, 0.05) is 6.20 Å². The molecule has 0 bridgehead atoms. The van der Waals surface area contributed by atoms with Crippen LogP contribution in [0.15, 0.2) is 60.0 Å². The maximum atomic E-state index is 15.6. The normalized spacial score (nSPS) is 28.3. The number of rotatable bonds is 10. The lowest BCUT2D eigenvalue weighted by atomic mass is 9.98. The highest BCUT2D eigenvalue weighted by Gasteiger charge is 2.57. The zero-order chi connectivity index (χ0) is 26.5. The number of ether oxygens (including phenoxy) is 2. The number of amidine groups is 1. The van der Waals surface area contributed by atoms with E-state index in [0.717, 1.165) is 6.92 Å². The first-order valence-electron chi connectivity index (χ1n) is 11.1. The molecule has 0 radical (unpaired) electrons. The number of hydroxylamine groups is 1. The van der Waals surface area contributed by atoms with Crippen molar-refractivity contribution in [1.82, 2.24) is 15.5 Å². The average Bonchev–Trinajstić information content (AvgIpc) is 3.06. The molecule has 0 saturated carbocycles. The summed E-state index contributed by atoms with van der Waals surface area (Å²) >= 11 is 0. The summed E-state index contributed by atoms with van der Waals surface area (Å²) in [6.07, 6.45) is -1.61. The Morgan fingerprint density at radius 1 is 1.42 bits per heavy atom. The zero-order valence-electron chi connectivity index (χ0n) is 20.0. The Kier molecular flexibility index (Phi) is 8.88. The lowest BCUT2D eigenvalue weighted by Crippen LogP contribution is -2.48. The fourth-order valence-corrected chi connectivity index (χ4v) is 5.04. The number of alkyl halides is 1. The van der Waals surface area contributed by atoms with Crippen molar-refractivity contribution in [1.29, 1.82) is 0 Å². The number of para-hydroxylation sites is 1. The summed E-state index contributed by atoms with van der Waals surface area (Å²) in [7, 11) is -4.24. The summed E-state index contributed by atoms with van der Waals surface area (Å²) in [6, 6.07) is 7.03. The standard InChI is InChI=1S/C22H30FN4O8P/c1-5-32-20(29)14(2)26-36(31,35-16-9-7-6-8-10-16)33-13-17-19(28)22(4,23)21(34-17)27-12-11-18(25-30)24-15(27)3/h6-12,14,17,19,21,28,30H,3,5,13H2,1-2,4H3,(H,24,25)(H,26,31)/t14-,17+,19-,21+,22?,36?/m0/s1. The molecule has 4 N–H and O–H groups in total. The molecule has 1 aromatic rings. The second kappa shape index (κ2) is 11.5. The number of nitrogens with one attached hydrogen (secondary N) is 2. The molecule has 14 heteroatoms. The third kappa shape index (κ3) is 6.30. The molecule has 0 aromatic heterocycles. The number of aliphatic hydroxyl groups excluding tert-OH is 1. The summed E-state index contributed by atoms with van der Waals surface area (Å²) in [5.41, 5.74) is -0.464. The molecule has 0 aliphatic carbocycles. The Morgan fingerprint density at radius 3 is 2.72 bits per heavy atom. The number of aliphatic hydroxyl groups is 1. The summed E-state index contributed by atoms with van der Waals surface area (Å²) in [4.78, 5) is 17.3. The van der Waals surface area contributed by atoms with E-state index < -0.39 is 50.5 Å². The van der Waals surface area contributed by atoms with Crippen LogP contribution in [0.4, 0.5) is 4.39 Å². The Labute approximate surface area is 207 Å². The van der Waals surface area contributed by atoms with E-state index in [2.05, 4.69) is 16.7 Å². The Bertz CT molecular complexity index is 1050. The van der Waals surface area contributed by atoms with E-state index in [4.69, 9.17) is 23.7 Å². The predicted octanol–water partition coefficient (Wildman–Crippen LogP) is 2.22. The molecular formula is C22H30FN4O8P. The van der Waals surface area contributed by atoms with Crippen LogP contribution in [0.2, 0.25) is 0 Å². The van der Waals surface area contributed by atoms with E-state index in [1.54, 1.807) is 25.1 Å². The van der Waals surface area contributed by atoms with Crippen molar-refractivity contribution < 1.29 is 42.6 Å². The quantitative estimate of drug-likeness (QED) is 0.201. The molecule has 6 atom stereocenters. The largest absolute Gasteiger partial charge is 0.465 e. The third-order valence-corrected chi connectivity index (χ3v) is 7.04. The molecule has 198 valence electrons. The van der Waals surface area contributed by atoms with Gasteiger partial charge in [-0.3, -0.25) is 20.0 Å². The van der Waals surface area contributed by atoms with Crippen molar-refractivity contribution in [3.63, 3.8) is 0 Å². The summed E-state index contributed by atoms with van der Waals surface area (Å²) in [6.45, 7) is 7.45. The molecule has 0 spiro atoms. The molecular weight excluding hydrogens is 498 g/mol. The van der Waals surface area contributed by atoms with E-state index >= 15 is 4.39 Å². The van der Waals surface area contributed by atoms with Crippen LogP contribution in [0.5, 0.6) is 5.75 Å². The molecule has 2 aliphatic rings. The molecule has 1 fully saturated rings. The number of esters is 1. The number of hydrogen-bond donors (Lipinski definition) is 4. The van der Waals surface area contributed by atoms with E-state index in [1.165, 1.54) is 36.2 Å².